The third kappa shape index (κ3) is 15.6. The average Bonchev–Trinajstić information content (AvgIpc) is 3.33. The molecule has 9 nitrogen and oxygen atoms in total. The summed E-state index contributed by atoms with van der Waals surface area (Å²) in [4.78, 5) is 29.4. The number of hydrogen-bond acceptors (Lipinski definition) is 9. The summed E-state index contributed by atoms with van der Waals surface area (Å²) in [6.45, 7) is 4.69. The first-order valence-corrected chi connectivity index (χ1v) is 27.3. The molecule has 0 aromatic carbocycles. The molecule has 7 rings (SSSR count). The van der Waals surface area contributed by atoms with Gasteiger partial charge in [-0.15, -0.1) is 0 Å². The fourth-order valence-corrected chi connectivity index (χ4v) is 13.8. The van der Waals surface area contributed by atoms with Crippen molar-refractivity contribution in [3.8, 4) is 0 Å². The van der Waals surface area contributed by atoms with Crippen molar-refractivity contribution in [1.82, 2.24) is 9.80 Å². The number of nitrogens with zero attached hydrogens (tertiary/aromatic N) is 2. The fourth-order valence-electron chi connectivity index (χ4n) is 13.8. The number of hydrogen-bond donors (Lipinski definition) is 0. The molecule has 364 valence electrons. The topological polar surface area (TPSA) is 86.8 Å². The smallest absolute Gasteiger partial charge is 0.463 e. The number of allylic oxidation sites excluding steroid dienone is 4. The van der Waals surface area contributed by atoms with E-state index < -0.39 is 6.16 Å². The predicted octanol–water partition coefficient (Wildman–Crippen LogP) is 12.5. The molecular formula is C55H92N2O7. The van der Waals surface area contributed by atoms with Crippen molar-refractivity contribution in [2.45, 2.75) is 249 Å². The zero-order valence-corrected chi connectivity index (χ0v) is 40.9. The largest absolute Gasteiger partial charge is 0.508 e. The first-order chi connectivity index (χ1) is 31.3. The first-order valence-electron chi connectivity index (χ1n) is 27.3. The minimum Gasteiger partial charge on any atom is -0.463 e. The average molecular weight is 893 g/mol. The zero-order valence-electron chi connectivity index (χ0n) is 40.9. The number of rotatable bonds is 18. The van der Waals surface area contributed by atoms with Crippen LogP contribution in [0.15, 0.2) is 24.3 Å². The normalized spacial score (nSPS) is 36.1. The molecule has 7 aliphatic rings. The van der Waals surface area contributed by atoms with Crippen LogP contribution in [0.25, 0.3) is 0 Å². The third-order valence-electron chi connectivity index (χ3n) is 17.6. The third-order valence-corrected chi connectivity index (χ3v) is 17.6. The minimum absolute atomic E-state index is 0.0714. The monoisotopic (exact) mass is 893 g/mol. The van der Waals surface area contributed by atoms with Gasteiger partial charge in [0.05, 0.1) is 19.3 Å². The van der Waals surface area contributed by atoms with Gasteiger partial charge in [0.2, 0.25) is 0 Å². The van der Waals surface area contributed by atoms with Crippen LogP contribution in [0.5, 0.6) is 0 Å². The second-order valence-corrected chi connectivity index (χ2v) is 21.9. The maximum atomic E-state index is 12.4. The minimum atomic E-state index is -0.600. The highest BCUT2D eigenvalue weighted by atomic mass is 16.7. The molecule has 7 aliphatic carbocycles. The summed E-state index contributed by atoms with van der Waals surface area (Å²) in [7, 11) is 1.91. The Morgan fingerprint density at radius 3 is 1.22 bits per heavy atom. The predicted molar refractivity (Wildman–Crippen MR) is 256 cm³/mol. The number of carbonyl (C=O) groups excluding carboxylic acids is 2. The van der Waals surface area contributed by atoms with Crippen molar-refractivity contribution in [1.29, 1.82) is 0 Å². The van der Waals surface area contributed by atoms with E-state index in [-0.39, 0.29) is 38.5 Å². The van der Waals surface area contributed by atoms with Crippen molar-refractivity contribution in [2.75, 3.05) is 33.5 Å². The lowest BCUT2D eigenvalue weighted by atomic mass is 9.77. The fraction of sp³-hybridized carbons (Fsp3) is 0.891. The van der Waals surface area contributed by atoms with Gasteiger partial charge in [0, 0.05) is 50.3 Å². The second-order valence-electron chi connectivity index (χ2n) is 21.9. The molecule has 0 bridgehead atoms. The van der Waals surface area contributed by atoms with Gasteiger partial charge in [-0.25, -0.2) is 4.79 Å². The lowest BCUT2D eigenvalue weighted by Gasteiger charge is -2.49. The molecule has 0 heterocycles. The van der Waals surface area contributed by atoms with Crippen molar-refractivity contribution >= 4 is 12.1 Å². The van der Waals surface area contributed by atoms with E-state index in [9.17, 15) is 9.59 Å². The molecule has 9 heteroatoms. The van der Waals surface area contributed by atoms with E-state index in [0.29, 0.717) is 24.2 Å². The van der Waals surface area contributed by atoms with Crippen LogP contribution < -0.4 is 0 Å². The molecule has 7 fully saturated rings. The van der Waals surface area contributed by atoms with Gasteiger partial charge >= 0.3 is 12.1 Å². The highest BCUT2D eigenvalue weighted by molar-refractivity contribution is 5.65. The van der Waals surface area contributed by atoms with Crippen LogP contribution in [-0.2, 0) is 28.5 Å². The van der Waals surface area contributed by atoms with Crippen molar-refractivity contribution in [3.05, 3.63) is 24.3 Å². The zero-order chi connectivity index (χ0) is 44.5. The molecule has 0 unspecified atom stereocenters. The molecular weight excluding hydrogens is 801 g/mol. The Balaban J connectivity index is 0.796. The highest BCUT2D eigenvalue weighted by Crippen LogP contribution is 2.41. The molecule has 0 atom stereocenters. The molecule has 0 aliphatic heterocycles. The highest BCUT2D eigenvalue weighted by Gasteiger charge is 2.39. The first kappa shape index (κ1) is 50.0. The van der Waals surface area contributed by atoms with Crippen LogP contribution in [0.3, 0.4) is 0 Å². The molecule has 0 spiro atoms. The van der Waals surface area contributed by atoms with Gasteiger partial charge in [-0.1, -0.05) is 50.5 Å². The Kier molecular flexibility index (Phi) is 20.7. The van der Waals surface area contributed by atoms with Crippen LogP contribution in [0.2, 0.25) is 0 Å². The van der Waals surface area contributed by atoms with E-state index in [2.05, 4.69) is 41.0 Å². The van der Waals surface area contributed by atoms with Crippen LogP contribution in [0.1, 0.15) is 200 Å². The van der Waals surface area contributed by atoms with E-state index >= 15 is 0 Å². The second kappa shape index (κ2) is 26.6. The van der Waals surface area contributed by atoms with Crippen molar-refractivity contribution in [2.24, 2.45) is 29.6 Å². The summed E-state index contributed by atoms with van der Waals surface area (Å²) in [5, 5.41) is 0. The molecule has 0 amide bonds. The maximum absolute atomic E-state index is 12.4. The Morgan fingerprint density at radius 1 is 0.438 bits per heavy atom. The van der Waals surface area contributed by atoms with Gasteiger partial charge in [-0.2, -0.15) is 0 Å². The van der Waals surface area contributed by atoms with E-state index in [1.807, 2.05) is 7.11 Å². The van der Waals surface area contributed by atoms with Crippen LogP contribution in [0, 0.1) is 29.6 Å². The van der Waals surface area contributed by atoms with Gasteiger partial charge in [0.1, 0.15) is 19.3 Å². The number of carbonyl (C=O) groups is 2. The molecule has 0 aromatic rings. The SMILES string of the molecule is COC1CCC(N(C2CCCCC2)C2CCC(/C=C/C3CCC(/C=C/C4CCC(N(C5CCC(C)CC5)C5CCC(OC(=O)OCCOCCOC(C)=O)CC5)CC4)CC3)CC2)CC1. The Labute approximate surface area is 389 Å². The van der Waals surface area contributed by atoms with Crippen molar-refractivity contribution < 1.29 is 33.3 Å². The Hall–Kier alpha value is -1.94. The summed E-state index contributed by atoms with van der Waals surface area (Å²) >= 11 is 0. The van der Waals surface area contributed by atoms with Crippen molar-refractivity contribution in [3.63, 3.8) is 0 Å². The molecule has 0 aromatic heterocycles. The molecule has 0 saturated heterocycles. The van der Waals surface area contributed by atoms with Crippen LogP contribution >= 0.6 is 0 Å². The van der Waals surface area contributed by atoms with E-state index in [0.717, 1.165) is 73.4 Å². The van der Waals surface area contributed by atoms with Gasteiger partial charge in [0.25, 0.3) is 0 Å². The van der Waals surface area contributed by atoms with Gasteiger partial charge < -0.3 is 23.7 Å². The summed E-state index contributed by atoms with van der Waals surface area (Å²) in [5.41, 5.74) is 0. The summed E-state index contributed by atoms with van der Waals surface area (Å²) in [6.07, 6.45) is 48.6. The van der Waals surface area contributed by atoms with E-state index in [1.165, 1.54) is 167 Å². The van der Waals surface area contributed by atoms with E-state index in [1.54, 1.807) is 0 Å². The van der Waals surface area contributed by atoms with Gasteiger partial charge in [-0.05, 0) is 197 Å². The van der Waals surface area contributed by atoms with Crippen LogP contribution in [-0.4, -0.2) is 104 Å². The Bertz CT molecular complexity index is 1380. The summed E-state index contributed by atoms with van der Waals surface area (Å²) in [6, 6.07) is 4.42. The number of ether oxygens (including phenoxy) is 5. The summed E-state index contributed by atoms with van der Waals surface area (Å²) < 4.78 is 27.0. The van der Waals surface area contributed by atoms with Crippen LogP contribution in [0.4, 0.5) is 4.79 Å². The lowest BCUT2D eigenvalue weighted by molar-refractivity contribution is -0.142. The number of esters is 1. The maximum Gasteiger partial charge on any atom is 0.508 e. The van der Waals surface area contributed by atoms with Gasteiger partial charge in [0.15, 0.2) is 0 Å². The number of methoxy groups -OCH3 is 1. The lowest BCUT2D eigenvalue weighted by Crippen LogP contribution is -2.53. The quantitative estimate of drug-likeness (QED) is 0.0758. The standard InChI is InChI=1S/C55H92N2O7/c1-41-9-23-48(24-10-41)57(52-31-35-54(36-32-52)64-55(59)63-40-38-61-37-39-62-42(2)58)50-27-21-46(22-28-50)18-16-44-13-11-43(12-14-44)15-17-45-19-25-49(26-20-45)56(47-7-5-4-6-8-47)51-29-33-53(60-3)34-30-51/h15-18,41,43-54H,4-14,19-40H2,1-3H3/b17-15+,18-16+. The summed E-state index contributed by atoms with van der Waals surface area (Å²) in [5.74, 6) is 3.61. The Morgan fingerprint density at radius 2 is 0.797 bits per heavy atom. The van der Waals surface area contributed by atoms with E-state index in [4.69, 9.17) is 23.7 Å². The molecule has 0 N–H and O–H groups in total. The molecule has 0 radical (unpaired) electrons. The van der Waals surface area contributed by atoms with Gasteiger partial charge in [-0.3, -0.25) is 14.6 Å². The molecule has 7 saturated carbocycles. The molecule has 64 heavy (non-hydrogen) atoms.